The fourth-order valence-corrected chi connectivity index (χ4v) is 2.85. The van der Waals surface area contributed by atoms with Crippen LogP contribution in [-0.2, 0) is 10.0 Å². The summed E-state index contributed by atoms with van der Waals surface area (Å²) >= 11 is 0. The minimum absolute atomic E-state index is 0.108. The molecule has 2 rings (SSSR count). The number of hydrogen-bond donors (Lipinski definition) is 2. The molecule has 0 unspecified atom stereocenters. The first-order chi connectivity index (χ1) is 7.08. The summed E-state index contributed by atoms with van der Waals surface area (Å²) in [6, 6.07) is 6.45. The van der Waals surface area contributed by atoms with E-state index in [1.165, 1.54) is 6.07 Å². The van der Waals surface area contributed by atoms with Crippen LogP contribution in [0.3, 0.4) is 0 Å². The van der Waals surface area contributed by atoms with Crippen molar-refractivity contribution in [1.29, 1.82) is 0 Å². The molecule has 82 valence electrons. The van der Waals surface area contributed by atoms with Crippen molar-refractivity contribution >= 4 is 15.7 Å². The first-order valence-electron chi connectivity index (χ1n) is 4.96. The molecule has 1 fully saturated rings. The third-order valence-electron chi connectivity index (χ3n) is 2.60. The van der Waals surface area contributed by atoms with Gasteiger partial charge in [-0.2, -0.15) is 0 Å². The van der Waals surface area contributed by atoms with Crippen molar-refractivity contribution in [3.63, 3.8) is 0 Å². The number of hydrogen-bond acceptors (Lipinski definition) is 3. The monoisotopic (exact) mass is 226 g/mol. The summed E-state index contributed by atoms with van der Waals surface area (Å²) in [7, 11) is -3.37. The maximum Gasteiger partial charge on any atom is 0.240 e. The van der Waals surface area contributed by atoms with Gasteiger partial charge in [0, 0.05) is 11.7 Å². The quantitative estimate of drug-likeness (QED) is 0.758. The lowest BCUT2D eigenvalue weighted by Gasteiger charge is -2.26. The predicted molar refractivity (Wildman–Crippen MR) is 58.8 cm³/mol. The molecule has 0 aromatic heterocycles. The molecule has 0 radical (unpaired) electrons. The molecule has 5 heteroatoms. The van der Waals surface area contributed by atoms with Gasteiger partial charge < -0.3 is 5.73 Å². The second-order valence-electron chi connectivity index (χ2n) is 3.82. The topological polar surface area (TPSA) is 72.2 Å². The summed E-state index contributed by atoms with van der Waals surface area (Å²) in [5.74, 6) is 0. The number of nitrogens with two attached hydrogens (primary N) is 1. The number of rotatable bonds is 3. The van der Waals surface area contributed by atoms with E-state index < -0.39 is 10.0 Å². The maximum atomic E-state index is 11.8. The Morgan fingerprint density at radius 1 is 1.33 bits per heavy atom. The average molecular weight is 226 g/mol. The molecule has 0 saturated heterocycles. The Kier molecular flexibility index (Phi) is 2.67. The normalized spacial score (nSPS) is 17.3. The van der Waals surface area contributed by atoms with Crippen molar-refractivity contribution in [3.05, 3.63) is 24.3 Å². The highest BCUT2D eigenvalue weighted by atomic mass is 32.2. The smallest absolute Gasteiger partial charge is 0.240 e. The van der Waals surface area contributed by atoms with Gasteiger partial charge in [-0.15, -0.1) is 0 Å². The summed E-state index contributed by atoms with van der Waals surface area (Å²) in [5, 5.41) is 0. The predicted octanol–water partition coefficient (Wildman–Crippen LogP) is 1.10. The highest BCUT2D eigenvalue weighted by molar-refractivity contribution is 7.89. The molecule has 3 N–H and O–H groups in total. The van der Waals surface area contributed by atoms with Crippen molar-refractivity contribution in [2.24, 2.45) is 0 Å². The van der Waals surface area contributed by atoms with Crippen molar-refractivity contribution < 1.29 is 8.42 Å². The van der Waals surface area contributed by atoms with Gasteiger partial charge in [-0.1, -0.05) is 12.5 Å². The van der Waals surface area contributed by atoms with Crippen LogP contribution in [0.15, 0.2) is 29.2 Å². The fraction of sp³-hybridized carbons (Fsp3) is 0.400. The van der Waals surface area contributed by atoms with Crippen molar-refractivity contribution in [3.8, 4) is 0 Å². The summed E-state index contributed by atoms with van der Waals surface area (Å²) in [4.78, 5) is 0.245. The van der Waals surface area contributed by atoms with Crippen molar-refractivity contribution in [1.82, 2.24) is 4.72 Å². The Hall–Kier alpha value is -1.07. The van der Waals surface area contributed by atoms with Gasteiger partial charge in [-0.25, -0.2) is 13.1 Å². The van der Waals surface area contributed by atoms with Crippen LogP contribution < -0.4 is 10.5 Å². The van der Waals surface area contributed by atoms with Crippen LogP contribution in [0.4, 0.5) is 5.69 Å². The van der Waals surface area contributed by atoms with Gasteiger partial charge in [0.25, 0.3) is 0 Å². The van der Waals surface area contributed by atoms with Gasteiger partial charge in [0.2, 0.25) is 10.0 Å². The fourth-order valence-electron chi connectivity index (χ4n) is 1.50. The lowest BCUT2D eigenvalue weighted by atomic mass is 9.94. The third kappa shape index (κ3) is 2.30. The summed E-state index contributed by atoms with van der Waals surface area (Å²) in [6.45, 7) is 0. The maximum absolute atomic E-state index is 11.8. The van der Waals surface area contributed by atoms with Gasteiger partial charge in [-0.3, -0.25) is 0 Å². The van der Waals surface area contributed by atoms with E-state index in [1.807, 2.05) is 0 Å². The van der Waals surface area contributed by atoms with E-state index in [-0.39, 0.29) is 10.9 Å². The summed E-state index contributed by atoms with van der Waals surface area (Å²) < 4.78 is 26.3. The lowest BCUT2D eigenvalue weighted by molar-refractivity contribution is 0.383. The summed E-state index contributed by atoms with van der Waals surface area (Å²) in [6.07, 6.45) is 2.97. The van der Waals surface area contributed by atoms with Gasteiger partial charge in [0.05, 0.1) is 4.90 Å². The van der Waals surface area contributed by atoms with Crippen LogP contribution in [0.1, 0.15) is 19.3 Å². The Bertz CT molecular complexity index is 452. The van der Waals surface area contributed by atoms with E-state index in [9.17, 15) is 8.42 Å². The standard InChI is InChI=1S/C10H14N2O2S/c11-8-3-1-6-10(7-8)15(13,14)12-9-4-2-5-9/h1,3,6-7,9,12H,2,4-5,11H2. The van der Waals surface area contributed by atoms with E-state index in [1.54, 1.807) is 18.2 Å². The minimum atomic E-state index is -3.37. The Morgan fingerprint density at radius 3 is 2.60 bits per heavy atom. The summed E-state index contributed by atoms with van der Waals surface area (Å²) in [5.41, 5.74) is 6.00. The molecule has 0 aliphatic heterocycles. The number of nitrogens with one attached hydrogen (secondary N) is 1. The van der Waals surface area contributed by atoms with Gasteiger partial charge >= 0.3 is 0 Å². The second kappa shape index (κ2) is 3.83. The van der Waals surface area contributed by atoms with Crippen molar-refractivity contribution in [2.75, 3.05) is 5.73 Å². The Balaban J connectivity index is 2.20. The number of sulfonamides is 1. The molecule has 0 spiro atoms. The zero-order chi connectivity index (χ0) is 10.9. The third-order valence-corrected chi connectivity index (χ3v) is 4.11. The molecule has 0 amide bonds. The minimum Gasteiger partial charge on any atom is -0.399 e. The molecule has 0 bridgehead atoms. The van der Waals surface area contributed by atoms with E-state index in [0.717, 1.165) is 19.3 Å². The van der Waals surface area contributed by atoms with Crippen molar-refractivity contribution in [2.45, 2.75) is 30.2 Å². The molecule has 1 saturated carbocycles. The molecular formula is C10H14N2O2S. The lowest BCUT2D eigenvalue weighted by Crippen LogP contribution is -2.39. The van der Waals surface area contributed by atoms with Gasteiger partial charge in [-0.05, 0) is 31.0 Å². The zero-order valence-corrected chi connectivity index (χ0v) is 9.13. The van der Waals surface area contributed by atoms with E-state index >= 15 is 0 Å². The molecule has 0 atom stereocenters. The molecule has 4 nitrogen and oxygen atoms in total. The molecule has 1 aliphatic rings. The van der Waals surface area contributed by atoms with Gasteiger partial charge in [0.1, 0.15) is 0 Å². The Labute approximate surface area is 89.5 Å². The van der Waals surface area contributed by atoms with Crippen LogP contribution in [0.5, 0.6) is 0 Å². The highest BCUT2D eigenvalue weighted by Crippen LogP contribution is 2.21. The van der Waals surface area contributed by atoms with Gasteiger partial charge in [0.15, 0.2) is 0 Å². The number of anilines is 1. The Morgan fingerprint density at radius 2 is 2.07 bits per heavy atom. The van der Waals surface area contributed by atoms with Crippen LogP contribution >= 0.6 is 0 Å². The molecule has 1 aromatic rings. The molecule has 1 aromatic carbocycles. The molecular weight excluding hydrogens is 212 g/mol. The molecule has 1 aliphatic carbocycles. The van der Waals surface area contributed by atoms with E-state index in [2.05, 4.69) is 4.72 Å². The highest BCUT2D eigenvalue weighted by Gasteiger charge is 2.24. The zero-order valence-electron chi connectivity index (χ0n) is 8.31. The van der Waals surface area contributed by atoms with Crippen LogP contribution in [0.25, 0.3) is 0 Å². The molecule has 15 heavy (non-hydrogen) atoms. The average Bonchev–Trinajstić information content (AvgIpc) is 2.12. The van der Waals surface area contributed by atoms with Crippen LogP contribution in [-0.4, -0.2) is 14.5 Å². The molecule has 0 heterocycles. The SMILES string of the molecule is Nc1cccc(S(=O)(=O)NC2CCC2)c1. The first kappa shape index (κ1) is 10.4. The second-order valence-corrected chi connectivity index (χ2v) is 5.54. The van der Waals surface area contributed by atoms with E-state index in [0.29, 0.717) is 5.69 Å². The van der Waals surface area contributed by atoms with Crippen LogP contribution in [0, 0.1) is 0 Å². The largest absolute Gasteiger partial charge is 0.399 e. The van der Waals surface area contributed by atoms with E-state index in [4.69, 9.17) is 5.73 Å². The first-order valence-corrected chi connectivity index (χ1v) is 6.44. The van der Waals surface area contributed by atoms with Crippen LogP contribution in [0.2, 0.25) is 0 Å². The number of benzene rings is 1. The number of nitrogen functional groups attached to an aromatic ring is 1.